The van der Waals surface area contributed by atoms with Crippen molar-refractivity contribution in [1.29, 1.82) is 0 Å². The zero-order valence-electron chi connectivity index (χ0n) is 12.4. The first-order chi connectivity index (χ1) is 9.97. The summed E-state index contributed by atoms with van der Waals surface area (Å²) in [5.41, 5.74) is 0.604. The van der Waals surface area contributed by atoms with E-state index in [4.69, 9.17) is 4.74 Å². The van der Waals surface area contributed by atoms with Crippen molar-refractivity contribution in [3.05, 3.63) is 29.8 Å². The lowest BCUT2D eigenvalue weighted by molar-refractivity contribution is 0.0725. The SMILES string of the molecule is CCS(=O)(=O)C1CCN(C(=O)c2ccc(OC)cc2)CC1. The fourth-order valence-electron chi connectivity index (χ4n) is 2.57. The summed E-state index contributed by atoms with van der Waals surface area (Å²) in [5.74, 6) is 0.827. The molecule has 0 bridgehead atoms. The second kappa shape index (κ2) is 6.47. The van der Waals surface area contributed by atoms with E-state index in [0.29, 0.717) is 37.2 Å². The lowest BCUT2D eigenvalue weighted by Gasteiger charge is -2.31. The maximum Gasteiger partial charge on any atom is 0.253 e. The molecular weight excluding hydrogens is 290 g/mol. The molecule has 1 aromatic carbocycles. The maximum absolute atomic E-state index is 12.4. The van der Waals surface area contributed by atoms with Crippen LogP contribution in [-0.4, -0.2) is 50.4 Å². The van der Waals surface area contributed by atoms with Gasteiger partial charge in [-0.25, -0.2) is 8.42 Å². The van der Waals surface area contributed by atoms with Crippen LogP contribution >= 0.6 is 0 Å². The number of methoxy groups -OCH3 is 1. The Kier molecular flexibility index (Phi) is 4.88. The van der Waals surface area contributed by atoms with Crippen LogP contribution in [0.5, 0.6) is 5.75 Å². The average Bonchev–Trinajstić information content (AvgIpc) is 2.54. The van der Waals surface area contributed by atoms with Gasteiger partial charge in [0.25, 0.3) is 5.91 Å². The Morgan fingerprint density at radius 2 is 1.81 bits per heavy atom. The van der Waals surface area contributed by atoms with Gasteiger partial charge < -0.3 is 9.64 Å². The van der Waals surface area contributed by atoms with Gasteiger partial charge in [-0.15, -0.1) is 0 Å². The van der Waals surface area contributed by atoms with Crippen molar-refractivity contribution >= 4 is 15.7 Å². The van der Waals surface area contributed by atoms with Crippen LogP contribution in [0.2, 0.25) is 0 Å². The zero-order valence-corrected chi connectivity index (χ0v) is 13.2. The topological polar surface area (TPSA) is 63.7 Å². The minimum absolute atomic E-state index is 0.0509. The van der Waals surface area contributed by atoms with Gasteiger partial charge in [-0.1, -0.05) is 6.92 Å². The molecule has 0 radical (unpaired) electrons. The van der Waals surface area contributed by atoms with Crippen molar-refractivity contribution in [2.45, 2.75) is 25.0 Å². The van der Waals surface area contributed by atoms with Crippen LogP contribution in [0.1, 0.15) is 30.1 Å². The standard InChI is InChI=1S/C15H21NO4S/c1-3-21(18,19)14-8-10-16(11-9-14)15(17)12-4-6-13(20-2)7-5-12/h4-7,14H,3,8-11H2,1-2H3. The molecule has 0 N–H and O–H groups in total. The Morgan fingerprint density at radius 3 is 2.29 bits per heavy atom. The first-order valence-electron chi connectivity index (χ1n) is 7.13. The fourth-order valence-corrected chi connectivity index (χ4v) is 3.97. The minimum Gasteiger partial charge on any atom is -0.497 e. The van der Waals surface area contributed by atoms with Crippen molar-refractivity contribution in [2.24, 2.45) is 0 Å². The summed E-state index contributed by atoms with van der Waals surface area (Å²) in [6.45, 7) is 2.66. The van der Waals surface area contributed by atoms with Crippen molar-refractivity contribution in [1.82, 2.24) is 4.90 Å². The van der Waals surface area contributed by atoms with Gasteiger partial charge >= 0.3 is 0 Å². The molecule has 0 aliphatic carbocycles. The molecule has 2 rings (SSSR count). The molecular formula is C15H21NO4S. The molecule has 1 saturated heterocycles. The van der Waals surface area contributed by atoms with Gasteiger partial charge in [0.1, 0.15) is 5.75 Å². The number of amides is 1. The Labute approximate surface area is 125 Å². The van der Waals surface area contributed by atoms with Crippen LogP contribution in [0.15, 0.2) is 24.3 Å². The van der Waals surface area contributed by atoms with Crippen LogP contribution in [0, 0.1) is 0 Å². The van der Waals surface area contributed by atoms with Gasteiger partial charge in [0.2, 0.25) is 0 Å². The first-order valence-corrected chi connectivity index (χ1v) is 8.84. The van der Waals surface area contributed by atoms with Gasteiger partial charge in [0.05, 0.1) is 12.4 Å². The molecule has 1 amide bonds. The van der Waals surface area contributed by atoms with Crippen molar-refractivity contribution in [2.75, 3.05) is 26.0 Å². The van der Waals surface area contributed by atoms with E-state index in [2.05, 4.69) is 0 Å². The van der Waals surface area contributed by atoms with E-state index in [9.17, 15) is 13.2 Å². The van der Waals surface area contributed by atoms with Gasteiger partial charge in [-0.3, -0.25) is 4.79 Å². The highest BCUT2D eigenvalue weighted by molar-refractivity contribution is 7.92. The summed E-state index contributed by atoms with van der Waals surface area (Å²) >= 11 is 0. The van der Waals surface area contributed by atoms with E-state index < -0.39 is 9.84 Å². The van der Waals surface area contributed by atoms with Gasteiger partial charge in [-0.05, 0) is 37.1 Å². The number of carbonyl (C=O) groups is 1. The number of hydrogen-bond donors (Lipinski definition) is 0. The lowest BCUT2D eigenvalue weighted by atomic mass is 10.1. The normalized spacial score (nSPS) is 16.8. The number of rotatable bonds is 4. The molecule has 116 valence electrons. The summed E-state index contributed by atoms with van der Waals surface area (Å²) < 4.78 is 28.8. The van der Waals surface area contributed by atoms with Gasteiger partial charge in [0.15, 0.2) is 9.84 Å². The van der Waals surface area contributed by atoms with E-state index in [1.165, 1.54) is 0 Å². The number of carbonyl (C=O) groups excluding carboxylic acids is 1. The molecule has 1 aromatic rings. The molecule has 1 aliphatic heterocycles. The Balaban J connectivity index is 1.99. The molecule has 0 spiro atoms. The van der Waals surface area contributed by atoms with E-state index in [0.717, 1.165) is 0 Å². The van der Waals surface area contributed by atoms with Crippen molar-refractivity contribution in [3.8, 4) is 5.75 Å². The second-order valence-corrected chi connectivity index (χ2v) is 7.74. The van der Waals surface area contributed by atoms with E-state index in [-0.39, 0.29) is 16.9 Å². The van der Waals surface area contributed by atoms with E-state index in [1.54, 1.807) is 43.2 Å². The molecule has 1 aliphatic rings. The number of nitrogens with zero attached hydrogens (tertiary/aromatic N) is 1. The fraction of sp³-hybridized carbons (Fsp3) is 0.533. The lowest BCUT2D eigenvalue weighted by Crippen LogP contribution is -2.42. The summed E-state index contributed by atoms with van der Waals surface area (Å²) in [7, 11) is -1.42. The molecule has 1 heterocycles. The molecule has 5 nitrogen and oxygen atoms in total. The third-order valence-electron chi connectivity index (χ3n) is 3.98. The molecule has 0 saturated carbocycles. The number of ether oxygens (including phenoxy) is 1. The highest BCUT2D eigenvalue weighted by Crippen LogP contribution is 2.21. The quantitative estimate of drug-likeness (QED) is 0.849. The summed E-state index contributed by atoms with van der Waals surface area (Å²) in [6, 6.07) is 6.97. The third kappa shape index (κ3) is 3.56. The molecule has 21 heavy (non-hydrogen) atoms. The smallest absolute Gasteiger partial charge is 0.253 e. The molecule has 0 unspecified atom stereocenters. The number of likely N-dealkylation sites (tertiary alicyclic amines) is 1. The van der Waals surface area contributed by atoms with Crippen LogP contribution in [-0.2, 0) is 9.84 Å². The monoisotopic (exact) mass is 311 g/mol. The molecule has 0 atom stereocenters. The predicted octanol–water partition coefficient (Wildman–Crippen LogP) is 1.73. The highest BCUT2D eigenvalue weighted by atomic mass is 32.2. The number of hydrogen-bond acceptors (Lipinski definition) is 4. The Hall–Kier alpha value is -1.56. The van der Waals surface area contributed by atoms with Crippen LogP contribution in [0.3, 0.4) is 0 Å². The molecule has 6 heteroatoms. The second-order valence-electron chi connectivity index (χ2n) is 5.17. The average molecular weight is 311 g/mol. The first kappa shape index (κ1) is 15.8. The largest absolute Gasteiger partial charge is 0.497 e. The van der Waals surface area contributed by atoms with Crippen LogP contribution < -0.4 is 4.74 Å². The summed E-state index contributed by atoms with van der Waals surface area (Å²) in [5, 5.41) is -0.303. The zero-order chi connectivity index (χ0) is 15.5. The summed E-state index contributed by atoms with van der Waals surface area (Å²) in [6.07, 6.45) is 1.05. The minimum atomic E-state index is -3.00. The van der Waals surface area contributed by atoms with Crippen molar-refractivity contribution in [3.63, 3.8) is 0 Å². The van der Waals surface area contributed by atoms with Gasteiger partial charge in [0, 0.05) is 24.4 Å². The highest BCUT2D eigenvalue weighted by Gasteiger charge is 2.30. The number of piperidine rings is 1. The third-order valence-corrected chi connectivity index (χ3v) is 6.27. The van der Waals surface area contributed by atoms with E-state index in [1.807, 2.05) is 0 Å². The van der Waals surface area contributed by atoms with Crippen LogP contribution in [0.25, 0.3) is 0 Å². The van der Waals surface area contributed by atoms with Crippen LogP contribution in [0.4, 0.5) is 0 Å². The van der Waals surface area contributed by atoms with Gasteiger partial charge in [-0.2, -0.15) is 0 Å². The Bertz CT molecular complexity index is 587. The number of benzene rings is 1. The maximum atomic E-state index is 12.4. The van der Waals surface area contributed by atoms with E-state index >= 15 is 0 Å². The summed E-state index contributed by atoms with van der Waals surface area (Å²) in [4.78, 5) is 14.1. The molecule has 1 fully saturated rings. The Morgan fingerprint density at radius 1 is 1.24 bits per heavy atom. The molecule has 0 aromatic heterocycles. The predicted molar refractivity (Wildman–Crippen MR) is 81.4 cm³/mol. The number of sulfone groups is 1. The van der Waals surface area contributed by atoms with Crippen molar-refractivity contribution < 1.29 is 17.9 Å².